The SMILES string of the molecule is CC=CC=CC(=C1CC=CC=N1)S(=O)(=O)NC. The predicted octanol–water partition coefficient (Wildman–Crippen LogP) is 1.91. The zero-order valence-electron chi connectivity index (χ0n) is 9.92. The van der Waals surface area contributed by atoms with Crippen LogP contribution in [0.15, 0.2) is 52.1 Å². The van der Waals surface area contributed by atoms with E-state index < -0.39 is 10.0 Å². The summed E-state index contributed by atoms with van der Waals surface area (Å²) in [5.41, 5.74) is 0.544. The first kappa shape index (κ1) is 13.6. The molecule has 0 unspecified atom stereocenters. The molecule has 0 saturated heterocycles. The highest BCUT2D eigenvalue weighted by molar-refractivity contribution is 7.93. The molecular formula is C12H16N2O2S. The van der Waals surface area contributed by atoms with Crippen molar-refractivity contribution in [3.63, 3.8) is 0 Å². The number of allylic oxidation sites excluding steroid dienone is 6. The van der Waals surface area contributed by atoms with E-state index in [1.807, 2.05) is 19.1 Å². The number of hydrogen-bond acceptors (Lipinski definition) is 3. The summed E-state index contributed by atoms with van der Waals surface area (Å²) < 4.78 is 26.0. The van der Waals surface area contributed by atoms with Crippen molar-refractivity contribution in [2.24, 2.45) is 4.99 Å². The average molecular weight is 252 g/mol. The van der Waals surface area contributed by atoms with Gasteiger partial charge >= 0.3 is 0 Å². The Morgan fingerprint density at radius 2 is 2.24 bits per heavy atom. The number of hydrogen-bond donors (Lipinski definition) is 1. The van der Waals surface area contributed by atoms with Gasteiger partial charge in [-0.2, -0.15) is 0 Å². The molecule has 0 saturated carbocycles. The molecule has 0 bridgehead atoms. The van der Waals surface area contributed by atoms with Gasteiger partial charge in [0.05, 0.1) is 5.70 Å². The third-order valence-corrected chi connectivity index (χ3v) is 3.65. The molecule has 1 heterocycles. The first-order chi connectivity index (χ1) is 8.11. The topological polar surface area (TPSA) is 58.5 Å². The normalized spacial score (nSPS) is 19.4. The van der Waals surface area contributed by atoms with E-state index in [-0.39, 0.29) is 4.91 Å². The van der Waals surface area contributed by atoms with Crippen molar-refractivity contribution in [1.82, 2.24) is 4.72 Å². The highest BCUT2D eigenvalue weighted by atomic mass is 32.2. The molecular weight excluding hydrogens is 236 g/mol. The van der Waals surface area contributed by atoms with Crippen LogP contribution < -0.4 is 4.72 Å². The maximum Gasteiger partial charge on any atom is 0.242 e. The van der Waals surface area contributed by atoms with Gasteiger partial charge in [0, 0.05) is 12.6 Å². The fraction of sp³-hybridized carbons (Fsp3) is 0.250. The average Bonchev–Trinajstić information content (AvgIpc) is 2.35. The molecule has 0 aromatic carbocycles. The first-order valence-corrected chi connectivity index (χ1v) is 6.75. The van der Waals surface area contributed by atoms with Crippen LogP contribution in [0.3, 0.4) is 0 Å². The summed E-state index contributed by atoms with van der Waals surface area (Å²) in [5.74, 6) is 0. The molecule has 0 fully saturated rings. The minimum Gasteiger partial charge on any atom is -0.260 e. The Morgan fingerprint density at radius 1 is 1.47 bits per heavy atom. The van der Waals surface area contributed by atoms with E-state index in [4.69, 9.17) is 0 Å². The third kappa shape index (κ3) is 3.80. The number of nitrogens with one attached hydrogen (secondary N) is 1. The van der Waals surface area contributed by atoms with Crippen LogP contribution >= 0.6 is 0 Å². The summed E-state index contributed by atoms with van der Waals surface area (Å²) in [6, 6.07) is 0. The molecule has 17 heavy (non-hydrogen) atoms. The van der Waals surface area contributed by atoms with E-state index in [1.165, 1.54) is 7.05 Å². The second kappa shape index (κ2) is 6.32. The zero-order chi connectivity index (χ0) is 12.7. The van der Waals surface area contributed by atoms with Crippen LogP contribution in [0.25, 0.3) is 0 Å². The van der Waals surface area contributed by atoms with Crippen LogP contribution in [0, 0.1) is 0 Å². The van der Waals surface area contributed by atoms with Gasteiger partial charge in [0.15, 0.2) is 0 Å². The monoisotopic (exact) mass is 252 g/mol. The lowest BCUT2D eigenvalue weighted by molar-refractivity contribution is 0.595. The Hall–Kier alpha value is -1.46. The number of dihydropyridines is 1. The summed E-state index contributed by atoms with van der Waals surface area (Å²) in [5, 5.41) is 0. The molecule has 0 aromatic heterocycles. The van der Waals surface area contributed by atoms with Gasteiger partial charge in [-0.1, -0.05) is 24.3 Å². The minimum absolute atomic E-state index is 0.207. The molecule has 0 radical (unpaired) electrons. The maximum absolute atomic E-state index is 11.9. The quantitative estimate of drug-likeness (QED) is 0.777. The second-order valence-electron chi connectivity index (χ2n) is 3.31. The number of rotatable bonds is 4. The van der Waals surface area contributed by atoms with Crippen LogP contribution in [0.1, 0.15) is 13.3 Å². The molecule has 0 amide bonds. The van der Waals surface area contributed by atoms with Crippen molar-refractivity contribution in [3.05, 3.63) is 47.1 Å². The number of nitrogens with zero attached hydrogens (tertiary/aromatic N) is 1. The number of aliphatic imine (C=N–C) groups is 1. The highest BCUT2D eigenvalue weighted by Crippen LogP contribution is 2.19. The Balaban J connectivity index is 3.20. The van der Waals surface area contributed by atoms with Gasteiger partial charge < -0.3 is 0 Å². The van der Waals surface area contributed by atoms with E-state index in [0.717, 1.165) is 0 Å². The number of sulfonamides is 1. The van der Waals surface area contributed by atoms with Crippen LogP contribution in [0.5, 0.6) is 0 Å². The summed E-state index contributed by atoms with van der Waals surface area (Å²) in [4.78, 5) is 4.30. The van der Waals surface area contributed by atoms with E-state index in [0.29, 0.717) is 12.1 Å². The maximum atomic E-state index is 11.9. The Bertz CT molecular complexity index is 509. The summed E-state index contributed by atoms with van der Waals surface area (Å²) >= 11 is 0. The predicted molar refractivity (Wildman–Crippen MR) is 71.2 cm³/mol. The van der Waals surface area contributed by atoms with Gasteiger partial charge in [-0.05, 0) is 26.1 Å². The van der Waals surface area contributed by atoms with Gasteiger partial charge in [-0.15, -0.1) is 0 Å². The summed E-state index contributed by atoms with van der Waals surface area (Å²) in [7, 11) is -2.09. The van der Waals surface area contributed by atoms with E-state index in [2.05, 4.69) is 9.71 Å². The fourth-order valence-corrected chi connectivity index (χ4v) is 2.22. The van der Waals surface area contributed by atoms with Gasteiger partial charge in [0.1, 0.15) is 4.91 Å². The van der Waals surface area contributed by atoms with Crippen molar-refractivity contribution >= 4 is 16.2 Å². The molecule has 92 valence electrons. The third-order valence-electron chi connectivity index (χ3n) is 2.16. The molecule has 1 N–H and O–H groups in total. The van der Waals surface area contributed by atoms with Gasteiger partial charge in [-0.3, -0.25) is 4.99 Å². The zero-order valence-corrected chi connectivity index (χ0v) is 10.7. The molecule has 4 nitrogen and oxygen atoms in total. The van der Waals surface area contributed by atoms with Crippen LogP contribution in [0.4, 0.5) is 0 Å². The van der Waals surface area contributed by atoms with E-state index >= 15 is 0 Å². The van der Waals surface area contributed by atoms with Crippen molar-refractivity contribution in [3.8, 4) is 0 Å². The summed E-state index contributed by atoms with van der Waals surface area (Å²) in [6.45, 7) is 1.87. The van der Waals surface area contributed by atoms with Crippen LogP contribution in [-0.4, -0.2) is 21.7 Å². The molecule has 0 aromatic rings. The molecule has 5 heteroatoms. The van der Waals surface area contributed by atoms with Crippen molar-refractivity contribution < 1.29 is 8.42 Å². The first-order valence-electron chi connectivity index (χ1n) is 5.27. The van der Waals surface area contributed by atoms with E-state index in [1.54, 1.807) is 30.5 Å². The largest absolute Gasteiger partial charge is 0.260 e. The minimum atomic E-state index is -3.48. The van der Waals surface area contributed by atoms with E-state index in [9.17, 15) is 8.42 Å². The van der Waals surface area contributed by atoms with Crippen LogP contribution in [0.2, 0.25) is 0 Å². The molecule has 1 aliphatic rings. The van der Waals surface area contributed by atoms with Crippen molar-refractivity contribution in [1.29, 1.82) is 0 Å². The Labute approximate surface area is 102 Å². The smallest absolute Gasteiger partial charge is 0.242 e. The molecule has 1 aliphatic heterocycles. The van der Waals surface area contributed by atoms with Gasteiger partial charge in [0.2, 0.25) is 10.0 Å². The standard InChI is InChI=1S/C12H16N2O2S/c1-3-4-5-9-12(17(15,16)13-2)11-8-6-7-10-14-11/h3-7,9-10,13H,8H2,1-2H3. The van der Waals surface area contributed by atoms with Gasteiger partial charge in [0.25, 0.3) is 0 Å². The lowest BCUT2D eigenvalue weighted by atomic mass is 10.2. The van der Waals surface area contributed by atoms with Crippen LogP contribution in [-0.2, 0) is 10.0 Å². The molecule has 0 aliphatic carbocycles. The lowest BCUT2D eigenvalue weighted by Gasteiger charge is -2.09. The summed E-state index contributed by atoms with van der Waals surface area (Å²) in [6.07, 6.45) is 12.6. The lowest BCUT2D eigenvalue weighted by Crippen LogP contribution is -2.20. The Kier molecular flexibility index (Phi) is 5.06. The highest BCUT2D eigenvalue weighted by Gasteiger charge is 2.17. The van der Waals surface area contributed by atoms with Crippen molar-refractivity contribution in [2.75, 3.05) is 7.05 Å². The van der Waals surface area contributed by atoms with Crippen molar-refractivity contribution in [2.45, 2.75) is 13.3 Å². The second-order valence-corrected chi connectivity index (χ2v) is 5.17. The Morgan fingerprint density at radius 3 is 2.76 bits per heavy atom. The fourth-order valence-electron chi connectivity index (χ4n) is 1.30. The molecule has 0 spiro atoms. The molecule has 0 atom stereocenters. The van der Waals surface area contributed by atoms with Gasteiger partial charge in [-0.25, -0.2) is 13.1 Å². The molecule has 1 rings (SSSR count).